The van der Waals surface area contributed by atoms with Gasteiger partial charge in [0.05, 0.1) is 5.75 Å². The van der Waals surface area contributed by atoms with Crippen LogP contribution in [0, 0.1) is 0 Å². The fraction of sp³-hybridized carbons (Fsp3) is 0.571. The molecule has 0 aliphatic heterocycles. The molecule has 96 valence electrons. The summed E-state index contributed by atoms with van der Waals surface area (Å²) in [4.78, 5) is 11.1. The van der Waals surface area contributed by atoms with E-state index in [1.165, 1.54) is 4.57 Å². The maximum absolute atomic E-state index is 11.8. The number of nitrogens with one attached hydrogen (secondary N) is 1. The zero-order valence-electron chi connectivity index (χ0n) is 8.78. The summed E-state index contributed by atoms with van der Waals surface area (Å²) in [5, 5.41) is 9.29. The molecule has 10 heteroatoms. The van der Waals surface area contributed by atoms with E-state index in [0.717, 1.165) is 11.8 Å². The van der Waals surface area contributed by atoms with Gasteiger partial charge in [0.1, 0.15) is 6.54 Å². The number of carbonyl (C=O) groups is 1. The van der Waals surface area contributed by atoms with Gasteiger partial charge in [-0.05, 0) is 0 Å². The summed E-state index contributed by atoms with van der Waals surface area (Å²) in [5.41, 5.74) is 5.39. The first-order valence-electron chi connectivity index (χ1n) is 4.40. The molecule has 0 unspecified atom stereocenters. The first-order valence-corrected chi connectivity index (χ1v) is 5.39. The predicted octanol–water partition coefficient (Wildman–Crippen LogP) is 0.168. The minimum atomic E-state index is -4.41. The monoisotopic (exact) mass is 269 g/mol. The topological polar surface area (TPSA) is 85.8 Å². The fourth-order valence-corrected chi connectivity index (χ4v) is 1.58. The molecule has 1 rings (SSSR count). The molecule has 17 heavy (non-hydrogen) atoms. The summed E-state index contributed by atoms with van der Waals surface area (Å²) in [6, 6.07) is 0. The Morgan fingerprint density at radius 3 is 2.65 bits per heavy atom. The van der Waals surface area contributed by atoms with Gasteiger partial charge in [-0.15, -0.1) is 10.2 Å². The minimum Gasteiger partial charge on any atom is -0.368 e. The number of carbonyl (C=O) groups excluding carboxylic acids is 1. The zero-order chi connectivity index (χ0) is 13.1. The molecule has 0 radical (unpaired) electrons. The van der Waals surface area contributed by atoms with Crippen LogP contribution in [0.1, 0.15) is 0 Å². The first-order chi connectivity index (χ1) is 7.79. The van der Waals surface area contributed by atoms with Crippen molar-refractivity contribution in [3.63, 3.8) is 0 Å². The third kappa shape index (κ3) is 4.51. The van der Waals surface area contributed by atoms with Gasteiger partial charge in [0.2, 0.25) is 11.9 Å². The molecule has 1 amide bonds. The summed E-state index contributed by atoms with van der Waals surface area (Å²) in [6.45, 7) is -1.34. The van der Waals surface area contributed by atoms with Crippen LogP contribution in [0.2, 0.25) is 0 Å². The third-order valence-corrected chi connectivity index (χ3v) is 2.71. The molecule has 0 bridgehead atoms. The Balaban J connectivity index is 2.36. The lowest BCUT2D eigenvalue weighted by molar-refractivity contribution is -0.136. The predicted molar refractivity (Wildman–Crippen MR) is 55.2 cm³/mol. The molecule has 0 atom stereocenters. The highest BCUT2D eigenvalue weighted by Crippen LogP contribution is 2.16. The third-order valence-electron chi connectivity index (χ3n) is 1.69. The first kappa shape index (κ1) is 13.6. The molecule has 1 aromatic heterocycles. The lowest BCUT2D eigenvalue weighted by Gasteiger charge is -2.07. The van der Waals surface area contributed by atoms with Crippen LogP contribution >= 0.6 is 11.8 Å². The number of nitrogens with zero attached hydrogens (tertiary/aromatic N) is 3. The number of nitrogen functional groups attached to an aromatic ring is 1. The molecule has 1 heterocycles. The minimum absolute atomic E-state index is 0.170. The SMILES string of the molecule is Cn1c(N)nnc1SCC(=O)NCC(F)(F)F. The number of hydrogen-bond acceptors (Lipinski definition) is 5. The van der Waals surface area contributed by atoms with Crippen molar-refractivity contribution in [1.29, 1.82) is 0 Å². The second kappa shape index (κ2) is 5.25. The Hall–Kier alpha value is -1.45. The van der Waals surface area contributed by atoms with Gasteiger partial charge in [0, 0.05) is 7.05 Å². The number of halogens is 3. The van der Waals surface area contributed by atoms with E-state index in [1.54, 1.807) is 12.4 Å². The van der Waals surface area contributed by atoms with Crippen molar-refractivity contribution in [2.45, 2.75) is 11.3 Å². The Labute approximate surface area is 98.8 Å². The molecule has 0 spiro atoms. The highest BCUT2D eigenvalue weighted by molar-refractivity contribution is 7.99. The molecule has 0 fully saturated rings. The average molecular weight is 269 g/mol. The van der Waals surface area contributed by atoms with E-state index >= 15 is 0 Å². The van der Waals surface area contributed by atoms with Crippen molar-refractivity contribution >= 4 is 23.6 Å². The van der Waals surface area contributed by atoms with Gasteiger partial charge in [-0.2, -0.15) is 13.2 Å². The summed E-state index contributed by atoms with van der Waals surface area (Å²) in [6.07, 6.45) is -4.41. The fourth-order valence-electron chi connectivity index (χ4n) is 0.832. The van der Waals surface area contributed by atoms with E-state index in [0.29, 0.717) is 5.16 Å². The van der Waals surface area contributed by atoms with Crippen molar-refractivity contribution in [2.75, 3.05) is 18.0 Å². The van der Waals surface area contributed by atoms with Gasteiger partial charge in [-0.1, -0.05) is 11.8 Å². The largest absolute Gasteiger partial charge is 0.405 e. The van der Waals surface area contributed by atoms with Crippen LogP contribution in [0.25, 0.3) is 0 Å². The van der Waals surface area contributed by atoms with Gasteiger partial charge < -0.3 is 11.1 Å². The quantitative estimate of drug-likeness (QED) is 0.761. The van der Waals surface area contributed by atoms with Gasteiger partial charge in [-0.3, -0.25) is 9.36 Å². The van der Waals surface area contributed by atoms with Crippen molar-refractivity contribution < 1.29 is 18.0 Å². The number of rotatable bonds is 4. The lowest BCUT2D eigenvalue weighted by Crippen LogP contribution is -2.34. The maximum atomic E-state index is 11.8. The maximum Gasteiger partial charge on any atom is 0.405 e. The van der Waals surface area contributed by atoms with Crippen molar-refractivity contribution in [3.8, 4) is 0 Å². The van der Waals surface area contributed by atoms with E-state index in [-0.39, 0.29) is 11.7 Å². The van der Waals surface area contributed by atoms with E-state index in [9.17, 15) is 18.0 Å². The molecule has 3 N–H and O–H groups in total. The molecule has 6 nitrogen and oxygen atoms in total. The molecule has 1 aromatic rings. The second-order valence-electron chi connectivity index (χ2n) is 3.08. The molecule has 0 aromatic carbocycles. The van der Waals surface area contributed by atoms with Crippen LogP contribution in [0.3, 0.4) is 0 Å². The Bertz CT molecular complexity index is 405. The van der Waals surface area contributed by atoms with Gasteiger partial charge in [-0.25, -0.2) is 0 Å². The summed E-state index contributed by atoms with van der Waals surface area (Å²) < 4.78 is 36.8. The standard InChI is InChI=1S/C7H10F3N5OS/c1-15-5(11)13-14-6(15)17-2-4(16)12-3-7(8,9)10/h2-3H2,1H3,(H2,11,13)(H,12,16). The number of thioether (sulfide) groups is 1. The zero-order valence-corrected chi connectivity index (χ0v) is 9.60. The lowest BCUT2D eigenvalue weighted by atomic mass is 10.6. The van der Waals surface area contributed by atoms with Gasteiger partial charge in [0.25, 0.3) is 0 Å². The Morgan fingerprint density at radius 2 is 2.18 bits per heavy atom. The molecular formula is C7H10F3N5OS. The smallest absolute Gasteiger partial charge is 0.368 e. The van der Waals surface area contributed by atoms with E-state index in [4.69, 9.17) is 5.73 Å². The molecular weight excluding hydrogens is 259 g/mol. The van der Waals surface area contributed by atoms with E-state index in [1.807, 2.05) is 0 Å². The summed E-state index contributed by atoms with van der Waals surface area (Å²) in [7, 11) is 1.59. The summed E-state index contributed by atoms with van der Waals surface area (Å²) >= 11 is 0.957. The number of anilines is 1. The number of alkyl halides is 3. The van der Waals surface area contributed by atoms with Crippen LogP contribution in [-0.4, -0.2) is 39.1 Å². The van der Waals surface area contributed by atoms with Crippen molar-refractivity contribution in [3.05, 3.63) is 0 Å². The van der Waals surface area contributed by atoms with Crippen molar-refractivity contribution in [2.24, 2.45) is 7.05 Å². The molecule has 0 aliphatic rings. The highest BCUT2D eigenvalue weighted by Gasteiger charge is 2.27. The Kier molecular flexibility index (Phi) is 4.21. The Morgan fingerprint density at radius 1 is 1.53 bits per heavy atom. The van der Waals surface area contributed by atoms with Crippen LogP contribution in [0.5, 0.6) is 0 Å². The number of hydrogen-bond donors (Lipinski definition) is 2. The average Bonchev–Trinajstić information content (AvgIpc) is 2.53. The second-order valence-corrected chi connectivity index (χ2v) is 4.02. The number of aromatic nitrogens is 3. The summed E-state index contributed by atoms with van der Waals surface area (Å²) in [5.74, 6) is -0.737. The van der Waals surface area contributed by atoms with E-state index in [2.05, 4.69) is 10.2 Å². The normalized spacial score (nSPS) is 11.5. The molecule has 0 saturated heterocycles. The number of amides is 1. The number of nitrogens with two attached hydrogens (primary N) is 1. The molecule has 0 aliphatic carbocycles. The van der Waals surface area contributed by atoms with Gasteiger partial charge >= 0.3 is 6.18 Å². The van der Waals surface area contributed by atoms with Crippen LogP contribution in [-0.2, 0) is 11.8 Å². The highest BCUT2D eigenvalue weighted by atomic mass is 32.2. The molecule has 0 saturated carbocycles. The van der Waals surface area contributed by atoms with Crippen LogP contribution in [0.4, 0.5) is 19.1 Å². The van der Waals surface area contributed by atoms with Crippen LogP contribution < -0.4 is 11.1 Å². The van der Waals surface area contributed by atoms with Crippen LogP contribution in [0.15, 0.2) is 5.16 Å². The van der Waals surface area contributed by atoms with Crippen molar-refractivity contribution in [1.82, 2.24) is 20.1 Å². The van der Waals surface area contributed by atoms with Gasteiger partial charge in [0.15, 0.2) is 5.16 Å². The van der Waals surface area contributed by atoms with E-state index < -0.39 is 18.6 Å².